The molecule has 1 unspecified atom stereocenters. The molecule has 1 aromatic rings. The minimum atomic E-state index is -0.962. The van der Waals surface area contributed by atoms with E-state index < -0.39 is 12.0 Å². The zero-order chi connectivity index (χ0) is 15.8. The lowest BCUT2D eigenvalue weighted by Crippen LogP contribution is -2.41. The molecule has 4 heteroatoms. The Kier molecular flexibility index (Phi) is 6.92. The predicted molar refractivity (Wildman–Crippen MR) is 83.1 cm³/mol. The average molecular weight is 291 g/mol. The summed E-state index contributed by atoms with van der Waals surface area (Å²) in [5.74, 6) is -0.912. The van der Waals surface area contributed by atoms with Gasteiger partial charge in [-0.2, -0.15) is 0 Å². The molecule has 0 aromatic heterocycles. The van der Waals surface area contributed by atoms with E-state index in [1.54, 1.807) is 0 Å². The summed E-state index contributed by atoms with van der Waals surface area (Å²) in [7, 11) is 0. The van der Waals surface area contributed by atoms with E-state index in [0.717, 1.165) is 12.8 Å². The Morgan fingerprint density at radius 2 is 1.81 bits per heavy atom. The molecule has 0 bridgehead atoms. The molecule has 0 heterocycles. The Morgan fingerprint density at radius 3 is 2.33 bits per heavy atom. The van der Waals surface area contributed by atoms with Gasteiger partial charge in [0, 0.05) is 6.42 Å². The average Bonchev–Trinajstić information content (AvgIpc) is 2.39. The molecule has 0 radical (unpaired) electrons. The van der Waals surface area contributed by atoms with Crippen LogP contribution in [-0.2, 0) is 16.0 Å². The lowest BCUT2D eigenvalue weighted by Gasteiger charge is -2.16. The first-order valence-corrected chi connectivity index (χ1v) is 7.46. The van der Waals surface area contributed by atoms with Crippen LogP contribution in [0, 0.1) is 12.8 Å². The molecule has 116 valence electrons. The first-order valence-electron chi connectivity index (χ1n) is 7.46. The highest BCUT2D eigenvalue weighted by Crippen LogP contribution is 2.08. The van der Waals surface area contributed by atoms with Gasteiger partial charge in [0.1, 0.15) is 6.04 Å². The second-order valence-corrected chi connectivity index (χ2v) is 5.93. The van der Waals surface area contributed by atoms with Crippen molar-refractivity contribution in [2.24, 2.45) is 5.92 Å². The van der Waals surface area contributed by atoms with E-state index in [0.29, 0.717) is 12.8 Å². The maximum atomic E-state index is 11.8. The van der Waals surface area contributed by atoms with E-state index in [1.807, 2.05) is 20.8 Å². The first kappa shape index (κ1) is 17.2. The third kappa shape index (κ3) is 6.93. The topological polar surface area (TPSA) is 66.4 Å². The molecule has 2 N–H and O–H groups in total. The number of carbonyl (C=O) groups excluding carboxylic acids is 1. The highest BCUT2D eigenvalue weighted by molar-refractivity contribution is 5.83. The van der Waals surface area contributed by atoms with Gasteiger partial charge in [-0.15, -0.1) is 0 Å². The number of aliphatic carboxylic acids is 1. The van der Waals surface area contributed by atoms with Gasteiger partial charge >= 0.3 is 5.97 Å². The van der Waals surface area contributed by atoms with Crippen LogP contribution in [0.15, 0.2) is 24.3 Å². The highest BCUT2D eigenvalue weighted by atomic mass is 16.4. The van der Waals surface area contributed by atoms with Gasteiger partial charge in [-0.25, -0.2) is 4.79 Å². The van der Waals surface area contributed by atoms with E-state index in [9.17, 15) is 9.59 Å². The molecule has 0 spiro atoms. The van der Waals surface area contributed by atoms with Crippen LogP contribution in [0.5, 0.6) is 0 Å². The minimum absolute atomic E-state index is 0.185. The van der Waals surface area contributed by atoms with Crippen molar-refractivity contribution in [1.29, 1.82) is 0 Å². The standard InChI is InChI=1S/C17H25NO3/c1-12(2)11-15(17(20)21)18-16(19)6-4-5-14-9-7-13(3)8-10-14/h7-10,12,15H,4-6,11H2,1-3H3,(H,18,19)(H,20,21). The normalized spacial score (nSPS) is 12.2. The number of amides is 1. The number of carboxylic acid groups (broad SMARTS) is 1. The van der Waals surface area contributed by atoms with Crippen molar-refractivity contribution in [3.8, 4) is 0 Å². The van der Waals surface area contributed by atoms with Crippen molar-refractivity contribution < 1.29 is 14.7 Å². The molecule has 4 nitrogen and oxygen atoms in total. The molecule has 1 atom stereocenters. The Hall–Kier alpha value is -1.84. The number of hydrogen-bond acceptors (Lipinski definition) is 2. The van der Waals surface area contributed by atoms with Gasteiger partial charge in [-0.3, -0.25) is 4.79 Å². The predicted octanol–water partition coefficient (Wildman–Crippen LogP) is 2.93. The van der Waals surface area contributed by atoms with Crippen LogP contribution in [-0.4, -0.2) is 23.0 Å². The third-order valence-corrected chi connectivity index (χ3v) is 3.33. The maximum absolute atomic E-state index is 11.8. The Labute approximate surface area is 126 Å². The van der Waals surface area contributed by atoms with Crippen LogP contribution in [0.4, 0.5) is 0 Å². The molecule has 1 rings (SSSR count). The number of aryl methyl sites for hydroxylation is 2. The molecule has 0 aliphatic heterocycles. The highest BCUT2D eigenvalue weighted by Gasteiger charge is 2.20. The Bertz CT molecular complexity index is 465. The van der Waals surface area contributed by atoms with Gasteiger partial charge in [-0.05, 0) is 37.7 Å². The molecule has 0 aliphatic carbocycles. The third-order valence-electron chi connectivity index (χ3n) is 3.33. The summed E-state index contributed by atoms with van der Waals surface area (Å²) in [6, 6.07) is 7.45. The van der Waals surface area contributed by atoms with Gasteiger partial charge in [0.2, 0.25) is 5.91 Å². The summed E-state index contributed by atoms with van der Waals surface area (Å²) in [5.41, 5.74) is 2.42. The van der Waals surface area contributed by atoms with Crippen molar-refractivity contribution in [1.82, 2.24) is 5.32 Å². The van der Waals surface area contributed by atoms with E-state index in [-0.39, 0.29) is 11.8 Å². The molecular formula is C17H25NO3. The largest absolute Gasteiger partial charge is 0.480 e. The summed E-state index contributed by atoms with van der Waals surface area (Å²) in [4.78, 5) is 22.9. The molecule has 0 fully saturated rings. The fourth-order valence-corrected chi connectivity index (χ4v) is 2.17. The molecule has 0 aliphatic rings. The van der Waals surface area contributed by atoms with E-state index in [4.69, 9.17) is 5.11 Å². The zero-order valence-electron chi connectivity index (χ0n) is 13.1. The SMILES string of the molecule is Cc1ccc(CCCC(=O)NC(CC(C)C)C(=O)O)cc1. The lowest BCUT2D eigenvalue weighted by atomic mass is 10.0. The fourth-order valence-electron chi connectivity index (χ4n) is 2.17. The van der Waals surface area contributed by atoms with Gasteiger partial charge in [0.05, 0.1) is 0 Å². The van der Waals surface area contributed by atoms with Crippen molar-refractivity contribution in [2.75, 3.05) is 0 Å². The van der Waals surface area contributed by atoms with Crippen LogP contribution >= 0.6 is 0 Å². The second kappa shape index (κ2) is 8.45. The number of carboxylic acids is 1. The summed E-state index contributed by atoms with van der Waals surface area (Å²) in [6.07, 6.45) is 2.37. The monoisotopic (exact) mass is 291 g/mol. The van der Waals surface area contributed by atoms with Crippen LogP contribution in [0.3, 0.4) is 0 Å². The van der Waals surface area contributed by atoms with E-state index in [2.05, 4.69) is 29.6 Å². The van der Waals surface area contributed by atoms with Gasteiger partial charge in [-0.1, -0.05) is 43.7 Å². The summed E-state index contributed by atoms with van der Waals surface area (Å²) >= 11 is 0. The van der Waals surface area contributed by atoms with Crippen molar-refractivity contribution in [2.45, 2.75) is 52.5 Å². The van der Waals surface area contributed by atoms with Crippen molar-refractivity contribution >= 4 is 11.9 Å². The van der Waals surface area contributed by atoms with Crippen LogP contribution in [0.25, 0.3) is 0 Å². The smallest absolute Gasteiger partial charge is 0.326 e. The van der Waals surface area contributed by atoms with E-state index in [1.165, 1.54) is 11.1 Å². The molecule has 1 aromatic carbocycles. The maximum Gasteiger partial charge on any atom is 0.326 e. The molecule has 21 heavy (non-hydrogen) atoms. The first-order chi connectivity index (χ1) is 9.88. The summed E-state index contributed by atoms with van der Waals surface area (Å²) in [6.45, 7) is 5.93. The molecule has 1 amide bonds. The summed E-state index contributed by atoms with van der Waals surface area (Å²) in [5, 5.41) is 11.7. The van der Waals surface area contributed by atoms with Crippen LogP contribution < -0.4 is 5.32 Å². The zero-order valence-corrected chi connectivity index (χ0v) is 13.1. The minimum Gasteiger partial charge on any atom is -0.480 e. The number of benzene rings is 1. The van der Waals surface area contributed by atoms with Gasteiger partial charge < -0.3 is 10.4 Å². The van der Waals surface area contributed by atoms with Crippen LogP contribution in [0.2, 0.25) is 0 Å². The lowest BCUT2D eigenvalue weighted by molar-refractivity contribution is -0.142. The van der Waals surface area contributed by atoms with E-state index >= 15 is 0 Å². The molecular weight excluding hydrogens is 266 g/mol. The molecule has 0 saturated heterocycles. The Balaban J connectivity index is 2.35. The van der Waals surface area contributed by atoms with Crippen LogP contribution in [0.1, 0.15) is 44.2 Å². The van der Waals surface area contributed by atoms with Crippen molar-refractivity contribution in [3.05, 3.63) is 35.4 Å². The number of rotatable bonds is 8. The van der Waals surface area contributed by atoms with Gasteiger partial charge in [0.25, 0.3) is 0 Å². The molecule has 0 saturated carbocycles. The Morgan fingerprint density at radius 1 is 1.19 bits per heavy atom. The number of nitrogens with one attached hydrogen (secondary N) is 1. The van der Waals surface area contributed by atoms with Crippen molar-refractivity contribution in [3.63, 3.8) is 0 Å². The fraction of sp³-hybridized carbons (Fsp3) is 0.529. The second-order valence-electron chi connectivity index (χ2n) is 5.93. The quantitative estimate of drug-likeness (QED) is 0.774. The number of carbonyl (C=O) groups is 2. The number of hydrogen-bond donors (Lipinski definition) is 2. The van der Waals surface area contributed by atoms with Gasteiger partial charge in [0.15, 0.2) is 0 Å². The summed E-state index contributed by atoms with van der Waals surface area (Å²) < 4.78 is 0.